The van der Waals surface area contributed by atoms with Crippen LogP contribution < -0.4 is 36.1 Å². The number of carbonyl (C=O) groups is 8. The molecule has 1 atom stereocenters. The zero-order chi connectivity index (χ0) is 43.2. The number of imide groups is 2. The summed E-state index contributed by atoms with van der Waals surface area (Å²) in [5.41, 5.74) is 2.60. The van der Waals surface area contributed by atoms with Gasteiger partial charge in [-0.3, -0.25) is 48.6 Å². The molecule has 1 fully saturated rings. The van der Waals surface area contributed by atoms with E-state index in [9.17, 15) is 38.4 Å². The number of hydrogen-bond acceptors (Lipinski definition) is 12. The van der Waals surface area contributed by atoms with Crippen molar-refractivity contribution in [3.63, 3.8) is 0 Å². The number of nitrogens with one attached hydrogen (secondary N) is 5. The van der Waals surface area contributed by atoms with E-state index in [1.54, 1.807) is 71.6 Å². The number of rotatable bonds is 15. The quantitative estimate of drug-likeness (QED) is 0.0859. The van der Waals surface area contributed by atoms with Crippen molar-refractivity contribution in [3.8, 4) is 11.5 Å². The van der Waals surface area contributed by atoms with Gasteiger partial charge in [0.1, 0.15) is 23.4 Å². The Morgan fingerprint density at radius 2 is 1.72 bits per heavy atom. The predicted octanol–water partition coefficient (Wildman–Crippen LogP) is 3.11. The zero-order valence-corrected chi connectivity index (χ0v) is 33.2. The number of amides is 8. The summed E-state index contributed by atoms with van der Waals surface area (Å²) in [6, 6.07) is 18.5. The average molecular weight is 831 g/mol. The van der Waals surface area contributed by atoms with Crippen molar-refractivity contribution >= 4 is 64.5 Å². The summed E-state index contributed by atoms with van der Waals surface area (Å²) in [5, 5.41) is 13.3. The van der Waals surface area contributed by atoms with Gasteiger partial charge in [-0.2, -0.15) is 0 Å². The fourth-order valence-corrected chi connectivity index (χ4v) is 6.94. The van der Waals surface area contributed by atoms with Gasteiger partial charge < -0.3 is 35.6 Å². The number of ether oxygens (including phenoxy) is 2. The largest absolute Gasteiger partial charge is 0.492 e. The number of aromatic nitrogens is 1. The normalized spacial score (nSPS) is 15.6. The first-order chi connectivity index (χ1) is 29.4. The highest BCUT2D eigenvalue weighted by Gasteiger charge is 2.45. The molecule has 18 heteroatoms. The summed E-state index contributed by atoms with van der Waals surface area (Å²) in [5.74, 6) is -2.47. The Balaban J connectivity index is 0.823. The Bertz CT molecular complexity index is 2420. The molecular weight excluding hydrogens is 789 g/mol. The molecule has 4 aromatic rings. The highest BCUT2D eigenvalue weighted by atomic mass is 16.5. The van der Waals surface area contributed by atoms with Crippen molar-refractivity contribution < 1.29 is 47.8 Å². The van der Waals surface area contributed by atoms with Gasteiger partial charge in [0.2, 0.25) is 17.7 Å². The van der Waals surface area contributed by atoms with E-state index < -0.39 is 29.7 Å². The van der Waals surface area contributed by atoms with Gasteiger partial charge >= 0.3 is 0 Å². The number of piperidine rings is 1. The van der Waals surface area contributed by atoms with Crippen LogP contribution >= 0.6 is 0 Å². The second kappa shape index (κ2) is 18.1. The minimum absolute atomic E-state index is 0.00837. The van der Waals surface area contributed by atoms with Gasteiger partial charge in [-0.05, 0) is 86.8 Å². The number of nitrogens with zero attached hydrogens (tertiary/aromatic N) is 3. The van der Waals surface area contributed by atoms with Crippen LogP contribution in [0.1, 0.15) is 80.1 Å². The molecule has 5 N–H and O–H groups in total. The van der Waals surface area contributed by atoms with Gasteiger partial charge in [0.25, 0.3) is 29.5 Å². The third-order valence-electron chi connectivity index (χ3n) is 10.1. The van der Waals surface area contributed by atoms with Gasteiger partial charge in [0.15, 0.2) is 6.61 Å². The average Bonchev–Trinajstić information content (AvgIpc) is 3.50. The molecule has 314 valence electrons. The van der Waals surface area contributed by atoms with Gasteiger partial charge in [0.05, 0.1) is 36.2 Å². The number of benzene rings is 3. The van der Waals surface area contributed by atoms with Crippen molar-refractivity contribution in [2.24, 2.45) is 0 Å². The molecule has 0 saturated carbocycles. The maximum absolute atomic E-state index is 13.5. The van der Waals surface area contributed by atoms with Crippen LogP contribution in [0.15, 0.2) is 79.0 Å². The predicted molar refractivity (Wildman–Crippen MR) is 219 cm³/mol. The molecule has 0 aliphatic carbocycles. The van der Waals surface area contributed by atoms with Gasteiger partial charge in [-0.15, -0.1) is 0 Å². The topological polar surface area (TPSA) is 235 Å². The first kappa shape index (κ1) is 41.5. The van der Waals surface area contributed by atoms with Gasteiger partial charge in [0, 0.05) is 42.4 Å². The van der Waals surface area contributed by atoms with Crippen molar-refractivity contribution in [2.75, 3.05) is 42.3 Å². The van der Waals surface area contributed by atoms with Crippen LogP contribution in [0.3, 0.4) is 0 Å². The lowest BCUT2D eigenvalue weighted by atomic mass is 10.0. The van der Waals surface area contributed by atoms with Crippen molar-refractivity contribution in [2.45, 2.75) is 51.7 Å². The third-order valence-corrected chi connectivity index (χ3v) is 10.1. The standard InChI is InChI=1S/C43H42N8O10/c1-24(2)50(41(57)27-11-13-30-33(19-27)61-23-37(54)47-30)22-25-7-9-26(10-8-25)39(55)48-34-15-12-28(20-46-34)60-18-4-17-44-36(53)21-45-31-6-3-5-29-38(31)43(59)51(42(29)58)32-14-16-35(52)49-40(32)56/h3,5-13,15,19-20,24,32,45H,4,14,16-18,21-23H2,1-2H3,(H,44,53)(H,47,54)(H,46,48,55)(H,49,52,56). The van der Waals surface area contributed by atoms with Crippen LogP contribution in [0.25, 0.3) is 0 Å². The van der Waals surface area contributed by atoms with E-state index in [1.165, 1.54) is 12.3 Å². The summed E-state index contributed by atoms with van der Waals surface area (Å²) < 4.78 is 11.2. The molecule has 0 bridgehead atoms. The molecule has 3 aromatic carbocycles. The third kappa shape index (κ3) is 9.48. The Morgan fingerprint density at radius 3 is 2.46 bits per heavy atom. The molecule has 0 radical (unpaired) electrons. The second-order valence-corrected chi connectivity index (χ2v) is 14.7. The minimum atomic E-state index is -1.10. The van der Waals surface area contributed by atoms with Crippen LogP contribution in [0, 0.1) is 0 Å². The molecule has 3 aliphatic rings. The molecule has 7 rings (SSSR count). The maximum Gasteiger partial charge on any atom is 0.264 e. The lowest BCUT2D eigenvalue weighted by Gasteiger charge is -2.28. The van der Waals surface area contributed by atoms with Crippen LogP contribution in [0.4, 0.5) is 17.2 Å². The molecule has 0 spiro atoms. The summed E-state index contributed by atoms with van der Waals surface area (Å²) in [4.78, 5) is 108. The van der Waals surface area contributed by atoms with Crippen LogP contribution in [0.2, 0.25) is 0 Å². The number of anilines is 3. The van der Waals surface area contributed by atoms with E-state index in [4.69, 9.17) is 9.47 Å². The van der Waals surface area contributed by atoms with Gasteiger partial charge in [-0.25, -0.2) is 4.98 Å². The monoisotopic (exact) mass is 830 g/mol. The maximum atomic E-state index is 13.5. The fraction of sp³-hybridized carbons (Fsp3) is 0.279. The molecular formula is C43H42N8O10. The van der Waals surface area contributed by atoms with Crippen LogP contribution in [-0.2, 0) is 25.7 Å². The van der Waals surface area contributed by atoms with Crippen molar-refractivity contribution in [3.05, 3.63) is 107 Å². The van der Waals surface area contributed by atoms with E-state index in [-0.39, 0.29) is 85.6 Å². The first-order valence-electron chi connectivity index (χ1n) is 19.6. The molecule has 18 nitrogen and oxygen atoms in total. The summed E-state index contributed by atoms with van der Waals surface area (Å²) in [7, 11) is 0. The number of hydrogen-bond donors (Lipinski definition) is 5. The molecule has 4 heterocycles. The lowest BCUT2D eigenvalue weighted by molar-refractivity contribution is -0.136. The van der Waals surface area contributed by atoms with Crippen LogP contribution in [-0.4, -0.2) is 100 Å². The minimum Gasteiger partial charge on any atom is -0.492 e. The zero-order valence-electron chi connectivity index (χ0n) is 33.2. The molecule has 8 amide bonds. The van der Waals surface area contributed by atoms with Crippen molar-refractivity contribution in [1.29, 1.82) is 0 Å². The van der Waals surface area contributed by atoms with E-state index in [0.717, 1.165) is 10.5 Å². The Kier molecular flexibility index (Phi) is 12.3. The fourth-order valence-electron chi connectivity index (χ4n) is 6.94. The number of carbonyl (C=O) groups excluding carboxylic acids is 8. The lowest BCUT2D eigenvalue weighted by Crippen LogP contribution is -2.54. The first-order valence-corrected chi connectivity index (χ1v) is 19.6. The SMILES string of the molecule is CC(C)N(Cc1ccc(C(=O)Nc2ccc(OCCCNC(=O)CNc3cccc4c3C(=O)N(C3CCC(=O)NC3=O)C4=O)cn2)cc1)C(=O)c1ccc2c(c1)OCC(=O)N2. The summed E-state index contributed by atoms with van der Waals surface area (Å²) in [6.45, 7) is 4.37. The smallest absolute Gasteiger partial charge is 0.264 e. The Morgan fingerprint density at radius 1 is 0.934 bits per heavy atom. The number of pyridine rings is 1. The van der Waals surface area contributed by atoms with E-state index in [0.29, 0.717) is 47.1 Å². The van der Waals surface area contributed by atoms with Crippen molar-refractivity contribution in [1.82, 2.24) is 25.4 Å². The second-order valence-electron chi connectivity index (χ2n) is 14.7. The molecule has 1 saturated heterocycles. The molecule has 1 unspecified atom stereocenters. The molecule has 1 aromatic heterocycles. The molecule has 3 aliphatic heterocycles. The van der Waals surface area contributed by atoms with E-state index in [1.807, 2.05) is 13.8 Å². The molecule has 61 heavy (non-hydrogen) atoms. The summed E-state index contributed by atoms with van der Waals surface area (Å²) in [6.07, 6.45) is 1.97. The Labute approximate surface area is 349 Å². The van der Waals surface area contributed by atoms with Crippen LogP contribution in [0.5, 0.6) is 11.5 Å². The Hall–Kier alpha value is -7.63. The van der Waals surface area contributed by atoms with E-state index in [2.05, 4.69) is 31.6 Å². The van der Waals surface area contributed by atoms with Gasteiger partial charge in [-0.1, -0.05) is 18.2 Å². The highest BCUT2D eigenvalue weighted by Crippen LogP contribution is 2.33. The summed E-state index contributed by atoms with van der Waals surface area (Å²) >= 11 is 0. The van der Waals surface area contributed by atoms with E-state index >= 15 is 0 Å². The highest BCUT2D eigenvalue weighted by molar-refractivity contribution is 6.25. The number of fused-ring (bicyclic) bond motifs is 2.